The van der Waals surface area contributed by atoms with Gasteiger partial charge in [0.25, 0.3) is 5.91 Å². The number of hydrogen-bond donors (Lipinski definition) is 2. The Morgan fingerprint density at radius 2 is 2.20 bits per heavy atom. The lowest BCUT2D eigenvalue weighted by atomic mass is 9.80. The first-order valence-electron chi connectivity index (χ1n) is 6.68. The maximum absolute atomic E-state index is 12.1. The number of carbonyl (C=O) groups excluding carboxylic acids is 2. The van der Waals surface area contributed by atoms with Crippen LogP contribution in [0.5, 0.6) is 0 Å². The lowest BCUT2D eigenvalue weighted by Gasteiger charge is -2.26. The van der Waals surface area contributed by atoms with E-state index in [-0.39, 0.29) is 17.2 Å². The van der Waals surface area contributed by atoms with Gasteiger partial charge in [-0.2, -0.15) is 0 Å². The minimum absolute atomic E-state index is 0.143. The molecule has 0 bridgehead atoms. The fourth-order valence-corrected chi connectivity index (χ4v) is 3.28. The van der Waals surface area contributed by atoms with E-state index in [2.05, 4.69) is 26.2 Å². The van der Waals surface area contributed by atoms with Gasteiger partial charge in [-0.05, 0) is 23.5 Å². The Balaban J connectivity index is 2.02. The number of carbonyl (C=O) groups is 2. The van der Waals surface area contributed by atoms with Gasteiger partial charge in [0.1, 0.15) is 0 Å². The summed E-state index contributed by atoms with van der Waals surface area (Å²) in [6, 6.07) is 3.62. The lowest BCUT2D eigenvalue weighted by molar-refractivity contribution is -0.128. The molecular weight excluding hydrogens is 274 g/mol. The maximum Gasteiger partial charge on any atom is 0.275 e. The van der Waals surface area contributed by atoms with Crippen LogP contribution in [-0.2, 0) is 11.3 Å². The molecule has 1 aliphatic heterocycles. The molecule has 2 rings (SSSR count). The number of thiophene rings is 1. The van der Waals surface area contributed by atoms with E-state index in [0.717, 1.165) is 11.4 Å². The summed E-state index contributed by atoms with van der Waals surface area (Å²) in [6.45, 7) is 7.88. The molecule has 1 saturated heterocycles. The molecule has 1 aromatic heterocycles. The fourth-order valence-electron chi connectivity index (χ4n) is 2.35. The summed E-state index contributed by atoms with van der Waals surface area (Å²) < 4.78 is 0. The van der Waals surface area contributed by atoms with Crippen LogP contribution in [0.1, 0.15) is 41.7 Å². The number of hydrogen-bond acceptors (Lipinski definition) is 4. The molecule has 3 N–H and O–H groups in total. The number of amides is 2. The summed E-state index contributed by atoms with van der Waals surface area (Å²) in [4.78, 5) is 26.9. The van der Waals surface area contributed by atoms with Gasteiger partial charge in [0.15, 0.2) is 0 Å². The Hall–Kier alpha value is -1.40. The average Bonchev–Trinajstić information content (AvgIpc) is 2.96. The standard InChI is InChI=1S/C14H21N3O2S/c1-14(2,3)9-6-12(18)17(7-9)8-10-4-5-11(20-10)13(19)16-15/h4-5,9H,6-8,15H2,1-3H3,(H,16,19). The van der Waals surface area contributed by atoms with Crippen molar-refractivity contribution < 1.29 is 9.59 Å². The van der Waals surface area contributed by atoms with E-state index < -0.39 is 0 Å². The predicted molar refractivity (Wildman–Crippen MR) is 79.0 cm³/mol. The van der Waals surface area contributed by atoms with Crippen molar-refractivity contribution >= 4 is 23.2 Å². The third-order valence-corrected chi connectivity index (χ3v) is 4.87. The monoisotopic (exact) mass is 295 g/mol. The van der Waals surface area contributed by atoms with Gasteiger partial charge in [-0.3, -0.25) is 15.0 Å². The molecule has 0 aliphatic carbocycles. The van der Waals surface area contributed by atoms with Gasteiger partial charge in [0.05, 0.1) is 11.4 Å². The molecule has 0 radical (unpaired) electrons. The molecular formula is C14H21N3O2S. The van der Waals surface area contributed by atoms with Crippen molar-refractivity contribution in [3.8, 4) is 0 Å². The van der Waals surface area contributed by atoms with Gasteiger partial charge in [-0.25, -0.2) is 5.84 Å². The molecule has 1 aromatic rings. The van der Waals surface area contributed by atoms with E-state index in [1.807, 2.05) is 11.0 Å². The van der Waals surface area contributed by atoms with Crippen LogP contribution in [0, 0.1) is 11.3 Å². The van der Waals surface area contributed by atoms with Crippen molar-refractivity contribution in [2.45, 2.75) is 33.7 Å². The minimum Gasteiger partial charge on any atom is -0.337 e. The molecule has 0 aromatic carbocycles. The molecule has 5 nitrogen and oxygen atoms in total. The van der Waals surface area contributed by atoms with Crippen LogP contribution in [-0.4, -0.2) is 23.3 Å². The van der Waals surface area contributed by atoms with Gasteiger partial charge in [-0.15, -0.1) is 11.3 Å². The first-order valence-corrected chi connectivity index (χ1v) is 7.50. The largest absolute Gasteiger partial charge is 0.337 e. The molecule has 1 atom stereocenters. The van der Waals surface area contributed by atoms with E-state index in [9.17, 15) is 9.59 Å². The number of nitrogens with zero attached hydrogens (tertiary/aromatic N) is 1. The van der Waals surface area contributed by atoms with Crippen LogP contribution >= 0.6 is 11.3 Å². The number of nitrogens with two attached hydrogens (primary N) is 1. The third kappa shape index (κ3) is 3.19. The van der Waals surface area contributed by atoms with Crippen LogP contribution in [0.2, 0.25) is 0 Å². The highest BCUT2D eigenvalue weighted by Crippen LogP contribution is 2.35. The van der Waals surface area contributed by atoms with E-state index in [4.69, 9.17) is 5.84 Å². The first-order chi connectivity index (χ1) is 9.31. The van der Waals surface area contributed by atoms with Crippen molar-refractivity contribution in [3.05, 3.63) is 21.9 Å². The Kier molecular flexibility index (Phi) is 4.15. The molecule has 1 fully saturated rings. The third-order valence-electron chi connectivity index (χ3n) is 3.80. The lowest BCUT2D eigenvalue weighted by Crippen LogP contribution is -2.29. The van der Waals surface area contributed by atoms with Crippen molar-refractivity contribution in [2.75, 3.05) is 6.54 Å². The van der Waals surface area contributed by atoms with Crippen LogP contribution in [0.3, 0.4) is 0 Å². The highest BCUT2D eigenvalue weighted by molar-refractivity contribution is 7.14. The number of rotatable bonds is 3. The summed E-state index contributed by atoms with van der Waals surface area (Å²) in [5, 5.41) is 0. The SMILES string of the molecule is CC(C)(C)C1CC(=O)N(Cc2ccc(C(=O)NN)s2)C1. The molecule has 0 saturated carbocycles. The molecule has 1 aliphatic rings. The summed E-state index contributed by atoms with van der Waals surface area (Å²) in [5.41, 5.74) is 2.26. The molecule has 20 heavy (non-hydrogen) atoms. The van der Waals surface area contributed by atoms with Crippen LogP contribution in [0.4, 0.5) is 0 Å². The molecule has 0 spiro atoms. The summed E-state index contributed by atoms with van der Waals surface area (Å²) in [5.74, 6) is 5.41. The zero-order valence-corrected chi connectivity index (χ0v) is 12.9. The summed E-state index contributed by atoms with van der Waals surface area (Å²) >= 11 is 1.38. The smallest absolute Gasteiger partial charge is 0.275 e. The topological polar surface area (TPSA) is 75.4 Å². The normalized spacial score (nSPS) is 19.5. The second-order valence-corrected chi connectivity index (χ2v) is 7.45. The zero-order valence-electron chi connectivity index (χ0n) is 12.1. The van der Waals surface area contributed by atoms with Crippen molar-refractivity contribution in [1.29, 1.82) is 0 Å². The Morgan fingerprint density at radius 3 is 2.75 bits per heavy atom. The summed E-state index contributed by atoms with van der Waals surface area (Å²) in [7, 11) is 0. The van der Waals surface area contributed by atoms with Crippen LogP contribution in [0.25, 0.3) is 0 Å². The minimum atomic E-state index is -0.290. The maximum atomic E-state index is 12.1. The second-order valence-electron chi connectivity index (χ2n) is 6.28. The van der Waals surface area contributed by atoms with E-state index in [0.29, 0.717) is 23.8 Å². The van der Waals surface area contributed by atoms with E-state index >= 15 is 0 Å². The van der Waals surface area contributed by atoms with Crippen LogP contribution in [0.15, 0.2) is 12.1 Å². The second kappa shape index (κ2) is 5.54. The Morgan fingerprint density at radius 1 is 1.50 bits per heavy atom. The van der Waals surface area contributed by atoms with Gasteiger partial charge < -0.3 is 4.90 Å². The number of nitrogens with one attached hydrogen (secondary N) is 1. The predicted octanol–water partition coefficient (Wildman–Crippen LogP) is 1.75. The first kappa shape index (κ1) is 15.0. The number of hydrazine groups is 1. The van der Waals surface area contributed by atoms with E-state index in [1.165, 1.54) is 11.3 Å². The van der Waals surface area contributed by atoms with Gasteiger partial charge in [0.2, 0.25) is 5.91 Å². The molecule has 1 unspecified atom stereocenters. The van der Waals surface area contributed by atoms with Gasteiger partial charge >= 0.3 is 0 Å². The number of likely N-dealkylation sites (tertiary alicyclic amines) is 1. The number of nitrogen functional groups attached to an aromatic ring is 1. The fraction of sp³-hybridized carbons (Fsp3) is 0.571. The van der Waals surface area contributed by atoms with E-state index in [1.54, 1.807) is 6.07 Å². The highest BCUT2D eigenvalue weighted by Gasteiger charge is 2.36. The van der Waals surface area contributed by atoms with Gasteiger partial charge in [-0.1, -0.05) is 20.8 Å². The van der Waals surface area contributed by atoms with Crippen molar-refractivity contribution in [3.63, 3.8) is 0 Å². The Labute approximate surface area is 123 Å². The van der Waals surface area contributed by atoms with Gasteiger partial charge in [0, 0.05) is 17.8 Å². The Bertz CT molecular complexity index is 519. The average molecular weight is 295 g/mol. The summed E-state index contributed by atoms with van der Waals surface area (Å²) in [6.07, 6.45) is 0.616. The molecule has 2 amide bonds. The quantitative estimate of drug-likeness (QED) is 0.507. The van der Waals surface area contributed by atoms with Crippen molar-refractivity contribution in [2.24, 2.45) is 17.2 Å². The zero-order chi connectivity index (χ0) is 14.9. The van der Waals surface area contributed by atoms with Crippen LogP contribution < -0.4 is 11.3 Å². The molecule has 110 valence electrons. The molecule has 2 heterocycles. The van der Waals surface area contributed by atoms with Crippen molar-refractivity contribution in [1.82, 2.24) is 10.3 Å². The molecule has 6 heteroatoms. The highest BCUT2D eigenvalue weighted by atomic mass is 32.1.